The molecule has 1 saturated carbocycles. The van der Waals surface area contributed by atoms with Gasteiger partial charge >= 0.3 is 0 Å². The van der Waals surface area contributed by atoms with Crippen molar-refractivity contribution >= 4 is 0 Å². The highest BCUT2D eigenvalue weighted by Crippen LogP contribution is 2.46. The second kappa shape index (κ2) is 2.90. The number of hydrogen-bond acceptors (Lipinski definition) is 3. The Morgan fingerprint density at radius 3 is 3.08 bits per heavy atom. The van der Waals surface area contributed by atoms with Crippen LogP contribution in [-0.4, -0.2) is 11.5 Å². The van der Waals surface area contributed by atoms with Crippen LogP contribution in [-0.2, 0) is 6.42 Å². The first-order valence-corrected chi connectivity index (χ1v) is 4.46. The lowest BCUT2D eigenvalue weighted by molar-refractivity contribution is 0.453. The zero-order valence-corrected chi connectivity index (χ0v) is 7.29. The van der Waals surface area contributed by atoms with Gasteiger partial charge in [0.05, 0.1) is 6.20 Å². The van der Waals surface area contributed by atoms with Gasteiger partial charge in [0.1, 0.15) is 5.76 Å². The average Bonchev–Trinajstić information content (AvgIpc) is 2.62. The van der Waals surface area contributed by atoms with Crippen LogP contribution in [0.5, 0.6) is 0 Å². The molecule has 3 nitrogen and oxygen atoms in total. The third-order valence-corrected chi connectivity index (χ3v) is 2.40. The van der Waals surface area contributed by atoms with Crippen molar-refractivity contribution in [3.05, 3.63) is 17.8 Å². The highest BCUT2D eigenvalue weighted by molar-refractivity contribution is 5.11. The molecule has 2 unspecified atom stereocenters. The molecule has 0 radical (unpaired) electrons. The highest BCUT2D eigenvalue weighted by Gasteiger charge is 2.36. The summed E-state index contributed by atoms with van der Waals surface area (Å²) < 4.78 is 5.53. The number of oxazole rings is 1. The molecule has 0 aliphatic heterocycles. The van der Waals surface area contributed by atoms with Crippen molar-refractivity contribution in [1.29, 1.82) is 0 Å². The zero-order valence-electron chi connectivity index (χ0n) is 7.29. The van der Waals surface area contributed by atoms with Crippen LogP contribution in [0.1, 0.15) is 30.9 Å². The Hall–Kier alpha value is -0.830. The standard InChI is InChI=1S/C9H14N2O/c1-6-4-7(6)8-5-11-9(12-8)2-3-10/h5-7H,2-4,10H2,1H3. The van der Waals surface area contributed by atoms with E-state index in [1.54, 1.807) is 0 Å². The SMILES string of the molecule is CC1CC1c1cnc(CCN)o1. The number of hydrogen-bond donors (Lipinski definition) is 1. The Balaban J connectivity index is 2.04. The molecular weight excluding hydrogens is 152 g/mol. The Kier molecular flexibility index (Phi) is 1.89. The van der Waals surface area contributed by atoms with Crippen LogP contribution in [0.15, 0.2) is 10.6 Å². The lowest BCUT2D eigenvalue weighted by Gasteiger charge is -1.90. The number of rotatable bonds is 3. The monoisotopic (exact) mass is 166 g/mol. The smallest absolute Gasteiger partial charge is 0.195 e. The van der Waals surface area contributed by atoms with E-state index in [9.17, 15) is 0 Å². The van der Waals surface area contributed by atoms with E-state index in [-0.39, 0.29) is 0 Å². The third kappa shape index (κ3) is 1.37. The van der Waals surface area contributed by atoms with Gasteiger partial charge in [-0.1, -0.05) is 6.92 Å². The Morgan fingerprint density at radius 1 is 1.75 bits per heavy atom. The summed E-state index contributed by atoms with van der Waals surface area (Å²) in [6, 6.07) is 0. The fourth-order valence-corrected chi connectivity index (χ4v) is 1.45. The van der Waals surface area contributed by atoms with Gasteiger partial charge in [-0.2, -0.15) is 0 Å². The molecule has 0 amide bonds. The summed E-state index contributed by atoms with van der Waals surface area (Å²) in [5.74, 6) is 3.24. The van der Waals surface area contributed by atoms with Crippen LogP contribution < -0.4 is 5.73 Å². The van der Waals surface area contributed by atoms with Crippen molar-refractivity contribution in [2.75, 3.05) is 6.54 Å². The minimum Gasteiger partial charge on any atom is -0.445 e. The molecule has 1 aliphatic rings. The summed E-state index contributed by atoms with van der Waals surface area (Å²) in [4.78, 5) is 4.15. The fraction of sp³-hybridized carbons (Fsp3) is 0.667. The molecule has 2 atom stereocenters. The molecule has 1 fully saturated rings. The average molecular weight is 166 g/mol. The van der Waals surface area contributed by atoms with Gasteiger partial charge in [-0.15, -0.1) is 0 Å². The molecule has 12 heavy (non-hydrogen) atoms. The van der Waals surface area contributed by atoms with Gasteiger partial charge in [0.2, 0.25) is 0 Å². The van der Waals surface area contributed by atoms with Crippen molar-refractivity contribution in [2.24, 2.45) is 11.7 Å². The van der Waals surface area contributed by atoms with E-state index in [1.165, 1.54) is 6.42 Å². The molecule has 66 valence electrons. The van der Waals surface area contributed by atoms with E-state index < -0.39 is 0 Å². The van der Waals surface area contributed by atoms with Gasteiger partial charge in [-0.3, -0.25) is 0 Å². The zero-order chi connectivity index (χ0) is 8.55. The molecule has 0 aromatic carbocycles. The highest BCUT2D eigenvalue weighted by atomic mass is 16.4. The van der Waals surface area contributed by atoms with Gasteiger partial charge < -0.3 is 10.2 Å². The van der Waals surface area contributed by atoms with Crippen LogP contribution in [0, 0.1) is 5.92 Å². The first kappa shape index (κ1) is 7.80. The first-order valence-electron chi connectivity index (χ1n) is 4.46. The van der Waals surface area contributed by atoms with Crippen molar-refractivity contribution in [2.45, 2.75) is 25.7 Å². The Morgan fingerprint density at radius 2 is 2.50 bits per heavy atom. The summed E-state index contributed by atoms with van der Waals surface area (Å²) in [6.07, 6.45) is 3.84. The molecule has 1 aromatic rings. The van der Waals surface area contributed by atoms with Gasteiger partial charge in [-0.05, 0) is 12.3 Å². The molecule has 1 aromatic heterocycles. The molecule has 2 rings (SSSR count). The Labute approximate surface area is 72.0 Å². The summed E-state index contributed by atoms with van der Waals surface area (Å²) >= 11 is 0. The minimum atomic E-state index is 0.611. The number of aromatic nitrogens is 1. The number of nitrogens with zero attached hydrogens (tertiary/aromatic N) is 1. The quantitative estimate of drug-likeness (QED) is 0.736. The van der Waals surface area contributed by atoms with Crippen LogP contribution >= 0.6 is 0 Å². The summed E-state index contributed by atoms with van der Waals surface area (Å²) in [5.41, 5.74) is 5.39. The molecule has 0 bridgehead atoms. The summed E-state index contributed by atoms with van der Waals surface area (Å²) in [6.45, 7) is 2.84. The molecule has 2 N–H and O–H groups in total. The maximum atomic E-state index is 5.53. The molecular formula is C9H14N2O. The fourth-order valence-electron chi connectivity index (χ4n) is 1.45. The van der Waals surface area contributed by atoms with Crippen molar-refractivity contribution < 1.29 is 4.42 Å². The van der Waals surface area contributed by atoms with E-state index in [0.29, 0.717) is 12.5 Å². The van der Waals surface area contributed by atoms with E-state index >= 15 is 0 Å². The third-order valence-electron chi connectivity index (χ3n) is 2.40. The molecule has 1 aliphatic carbocycles. The van der Waals surface area contributed by atoms with Gasteiger partial charge in [0, 0.05) is 18.9 Å². The van der Waals surface area contributed by atoms with Crippen LogP contribution in [0.25, 0.3) is 0 Å². The first-order chi connectivity index (χ1) is 5.81. The van der Waals surface area contributed by atoms with Crippen LogP contribution in [0.2, 0.25) is 0 Å². The molecule has 0 spiro atoms. The number of nitrogens with two attached hydrogens (primary N) is 1. The van der Waals surface area contributed by atoms with Gasteiger partial charge in [0.15, 0.2) is 5.89 Å². The second-order valence-electron chi connectivity index (χ2n) is 3.51. The van der Waals surface area contributed by atoms with E-state index in [0.717, 1.165) is 24.0 Å². The largest absolute Gasteiger partial charge is 0.445 e. The van der Waals surface area contributed by atoms with Crippen LogP contribution in [0.3, 0.4) is 0 Å². The normalized spacial score (nSPS) is 27.5. The summed E-state index contributed by atoms with van der Waals surface area (Å²) in [7, 11) is 0. The topological polar surface area (TPSA) is 52.0 Å². The lowest BCUT2D eigenvalue weighted by atomic mass is 10.3. The van der Waals surface area contributed by atoms with Crippen molar-refractivity contribution in [3.8, 4) is 0 Å². The van der Waals surface area contributed by atoms with E-state index in [1.807, 2.05) is 6.20 Å². The maximum absolute atomic E-state index is 5.53. The predicted molar refractivity (Wildman–Crippen MR) is 45.8 cm³/mol. The predicted octanol–water partition coefficient (Wildman–Crippen LogP) is 1.30. The van der Waals surface area contributed by atoms with E-state index in [4.69, 9.17) is 10.2 Å². The van der Waals surface area contributed by atoms with Gasteiger partial charge in [0.25, 0.3) is 0 Å². The Bertz CT molecular complexity index is 269. The lowest BCUT2D eigenvalue weighted by Crippen LogP contribution is -2.02. The maximum Gasteiger partial charge on any atom is 0.195 e. The van der Waals surface area contributed by atoms with Gasteiger partial charge in [-0.25, -0.2) is 4.98 Å². The van der Waals surface area contributed by atoms with E-state index in [2.05, 4.69) is 11.9 Å². The summed E-state index contributed by atoms with van der Waals surface area (Å²) in [5, 5.41) is 0. The molecule has 0 saturated heterocycles. The minimum absolute atomic E-state index is 0.611. The molecule has 3 heteroatoms. The van der Waals surface area contributed by atoms with Crippen molar-refractivity contribution in [1.82, 2.24) is 4.98 Å². The van der Waals surface area contributed by atoms with Crippen LogP contribution in [0.4, 0.5) is 0 Å². The molecule has 1 heterocycles. The second-order valence-corrected chi connectivity index (χ2v) is 3.51. The van der Waals surface area contributed by atoms with Crippen molar-refractivity contribution in [3.63, 3.8) is 0 Å².